The minimum Gasteiger partial charge on any atom is -0.489 e. The van der Waals surface area contributed by atoms with Gasteiger partial charge in [-0.2, -0.15) is 0 Å². The lowest BCUT2D eigenvalue weighted by molar-refractivity contribution is 0.354. The highest BCUT2D eigenvalue weighted by molar-refractivity contribution is 6.92. The summed E-state index contributed by atoms with van der Waals surface area (Å²) in [6.45, 7) is 38.1. The molecule has 5 aromatic rings. The maximum absolute atomic E-state index is 6.94. The number of fused-ring (bicyclic) bond motifs is 3. The monoisotopic (exact) mass is 747 g/mol. The second-order valence-electron chi connectivity index (χ2n) is 19.5. The molecule has 0 amide bonds. The van der Waals surface area contributed by atoms with Gasteiger partial charge < -0.3 is 4.74 Å². The summed E-state index contributed by atoms with van der Waals surface area (Å²) in [6, 6.07) is 35.2. The van der Waals surface area contributed by atoms with Crippen molar-refractivity contribution in [3.05, 3.63) is 137 Å². The molecule has 0 saturated carbocycles. The van der Waals surface area contributed by atoms with Crippen LogP contribution < -0.4 is 15.1 Å². The fraction of sp³-hybridized carbons (Fsp3) is 0.373. The van der Waals surface area contributed by atoms with E-state index >= 15 is 0 Å². The number of ether oxygens (including phenoxy) is 1. The molecule has 0 aromatic heterocycles. The number of rotatable bonds is 8. The van der Waals surface area contributed by atoms with E-state index in [0.29, 0.717) is 6.61 Å². The first-order valence-electron chi connectivity index (χ1n) is 19.9. The summed E-state index contributed by atoms with van der Waals surface area (Å²) in [5.41, 5.74) is 16.7. The molecule has 0 aliphatic heterocycles. The molecule has 0 unspecified atom stereocenters. The molecule has 0 saturated heterocycles. The van der Waals surface area contributed by atoms with Crippen molar-refractivity contribution >= 4 is 27.2 Å². The molecule has 281 valence electrons. The van der Waals surface area contributed by atoms with Crippen LogP contribution in [0.1, 0.15) is 101 Å². The molecule has 1 radical (unpaired) electrons. The van der Waals surface area contributed by atoms with Crippen LogP contribution in [0.3, 0.4) is 0 Å². The number of hydrogen-bond donors (Lipinski definition) is 0. The van der Waals surface area contributed by atoms with Crippen LogP contribution in [0.4, 0.5) is 0 Å². The zero-order valence-electron chi connectivity index (χ0n) is 35.6. The molecule has 0 N–H and O–H groups in total. The predicted molar refractivity (Wildman–Crippen MR) is 242 cm³/mol. The Labute approximate surface area is 330 Å². The summed E-state index contributed by atoms with van der Waals surface area (Å²) in [5, 5.41) is 2.94. The van der Waals surface area contributed by atoms with E-state index < -0.39 is 16.9 Å². The van der Waals surface area contributed by atoms with Crippen molar-refractivity contribution in [2.24, 2.45) is 0 Å². The van der Waals surface area contributed by atoms with E-state index in [2.05, 4.69) is 193 Å². The van der Waals surface area contributed by atoms with E-state index in [-0.39, 0.29) is 21.8 Å². The second kappa shape index (κ2) is 14.3. The van der Waals surface area contributed by atoms with Crippen molar-refractivity contribution in [2.75, 3.05) is 6.61 Å². The largest absolute Gasteiger partial charge is 0.489 e. The van der Waals surface area contributed by atoms with Crippen LogP contribution in [0, 0.1) is 6.92 Å². The van der Waals surface area contributed by atoms with Crippen LogP contribution in [0.2, 0.25) is 26.2 Å². The predicted octanol–water partition coefficient (Wildman–Crippen LogP) is 13.0. The van der Waals surface area contributed by atoms with Crippen LogP contribution in [0.25, 0.3) is 33.4 Å². The Morgan fingerprint density at radius 2 is 1.11 bits per heavy atom. The standard InChI is InChI=1S/C51H63OSi2/c1-16-29-52-46-44(30-33(2)47(53(12)13)45(46)51(9,10)11)54(14,15)48-40-31-34(36-21-17-19-23-42(36)49(3,4)5)25-27-38(40)39-28-26-35(32-41(39)48)37-22-18-20-24-43(37)50(6,7)8/h16-28,30-32,48H,1,29H2,2-15H3. The summed E-state index contributed by atoms with van der Waals surface area (Å²) < 4.78 is 6.94. The van der Waals surface area contributed by atoms with Crippen LogP contribution >= 0.6 is 0 Å². The summed E-state index contributed by atoms with van der Waals surface area (Å²) in [4.78, 5) is 0. The molecule has 0 fully saturated rings. The van der Waals surface area contributed by atoms with E-state index in [0.717, 1.165) is 5.75 Å². The number of benzene rings is 5. The van der Waals surface area contributed by atoms with Gasteiger partial charge in [0, 0.05) is 5.54 Å². The first kappa shape index (κ1) is 39.8. The molecule has 0 spiro atoms. The third-order valence-corrected chi connectivity index (χ3v) is 17.1. The molecule has 0 heterocycles. The van der Waals surface area contributed by atoms with Crippen molar-refractivity contribution in [1.82, 2.24) is 0 Å². The van der Waals surface area contributed by atoms with Gasteiger partial charge >= 0.3 is 0 Å². The Hall–Kier alpha value is -3.93. The second-order valence-corrected chi connectivity index (χ2v) is 26.6. The van der Waals surface area contributed by atoms with Gasteiger partial charge in [0.15, 0.2) is 0 Å². The molecule has 3 heteroatoms. The molecule has 1 nitrogen and oxygen atoms in total. The Morgan fingerprint density at radius 3 is 1.52 bits per heavy atom. The Bertz CT molecular complexity index is 2110. The molecule has 0 atom stereocenters. The molecular formula is C51H63OSi2. The van der Waals surface area contributed by atoms with Crippen LogP contribution in [-0.4, -0.2) is 23.5 Å². The third-order valence-electron chi connectivity index (χ3n) is 11.6. The normalized spacial score (nSPS) is 13.6. The third kappa shape index (κ3) is 7.15. The highest BCUT2D eigenvalue weighted by Gasteiger charge is 2.45. The summed E-state index contributed by atoms with van der Waals surface area (Å²) in [5.74, 6) is 1.12. The number of aryl methyl sites for hydroxylation is 1. The minimum atomic E-state index is -2.44. The van der Waals surface area contributed by atoms with Gasteiger partial charge in [-0.3, -0.25) is 0 Å². The zero-order chi connectivity index (χ0) is 39.5. The van der Waals surface area contributed by atoms with E-state index in [1.54, 1.807) is 0 Å². The fourth-order valence-electron chi connectivity index (χ4n) is 9.24. The maximum atomic E-state index is 6.94. The summed E-state index contributed by atoms with van der Waals surface area (Å²) in [7, 11) is -3.21. The quantitative estimate of drug-likeness (QED) is 0.113. The van der Waals surface area contributed by atoms with Gasteiger partial charge in [-0.1, -0.05) is 203 Å². The highest BCUT2D eigenvalue weighted by Crippen LogP contribution is 2.52. The van der Waals surface area contributed by atoms with E-state index in [1.807, 2.05) is 6.08 Å². The fourth-order valence-corrected chi connectivity index (χ4v) is 14.8. The van der Waals surface area contributed by atoms with E-state index in [1.165, 1.54) is 77.1 Å². The van der Waals surface area contributed by atoms with Gasteiger partial charge in [-0.25, -0.2) is 0 Å². The lowest BCUT2D eigenvalue weighted by Gasteiger charge is -2.38. The Morgan fingerprint density at radius 1 is 0.648 bits per heavy atom. The van der Waals surface area contributed by atoms with Crippen molar-refractivity contribution in [1.29, 1.82) is 0 Å². The van der Waals surface area contributed by atoms with Gasteiger partial charge in [-0.15, -0.1) is 0 Å². The molecule has 6 rings (SSSR count). The summed E-state index contributed by atoms with van der Waals surface area (Å²) >= 11 is 0. The summed E-state index contributed by atoms with van der Waals surface area (Å²) in [6.07, 6.45) is 1.91. The van der Waals surface area contributed by atoms with Crippen molar-refractivity contribution in [3.8, 4) is 39.1 Å². The first-order valence-corrected chi connectivity index (χ1v) is 25.5. The van der Waals surface area contributed by atoms with Gasteiger partial charge in [-0.05, 0) is 89.6 Å². The Kier molecular flexibility index (Phi) is 10.5. The van der Waals surface area contributed by atoms with Crippen LogP contribution in [0.15, 0.2) is 104 Å². The molecular weight excluding hydrogens is 685 g/mol. The van der Waals surface area contributed by atoms with E-state index in [4.69, 9.17) is 4.74 Å². The SMILES string of the molecule is C=CCOc1c([Si](C)(C)C2c3cc(-c4ccccc4C(C)(C)C)ccc3-c3ccc(-c4ccccc4C(C)(C)C)cc32)cc(C)c([Si](C)C)c1C(C)(C)C. The smallest absolute Gasteiger partial charge is 0.122 e. The number of hydrogen-bond acceptors (Lipinski definition) is 1. The molecule has 54 heavy (non-hydrogen) atoms. The molecule has 5 aromatic carbocycles. The molecule has 1 aliphatic carbocycles. The topological polar surface area (TPSA) is 9.23 Å². The maximum Gasteiger partial charge on any atom is 0.122 e. The van der Waals surface area contributed by atoms with Gasteiger partial charge in [0.2, 0.25) is 0 Å². The Balaban J connectivity index is 1.68. The molecule has 1 aliphatic rings. The van der Waals surface area contributed by atoms with Crippen molar-refractivity contribution in [3.63, 3.8) is 0 Å². The van der Waals surface area contributed by atoms with Crippen LogP contribution in [-0.2, 0) is 16.2 Å². The van der Waals surface area contributed by atoms with Gasteiger partial charge in [0.1, 0.15) is 12.4 Å². The average Bonchev–Trinajstić information content (AvgIpc) is 3.43. The average molecular weight is 748 g/mol. The van der Waals surface area contributed by atoms with Crippen molar-refractivity contribution < 1.29 is 4.74 Å². The molecule has 0 bridgehead atoms. The highest BCUT2D eigenvalue weighted by atomic mass is 28.3. The minimum absolute atomic E-state index is 0.0280. The van der Waals surface area contributed by atoms with Gasteiger partial charge in [0.05, 0.1) is 16.9 Å². The first-order chi connectivity index (χ1) is 25.2. The lowest BCUT2D eigenvalue weighted by atomic mass is 9.81. The zero-order valence-corrected chi connectivity index (χ0v) is 37.6. The van der Waals surface area contributed by atoms with Crippen LogP contribution in [0.5, 0.6) is 5.75 Å². The lowest BCUT2D eigenvalue weighted by Crippen LogP contribution is -2.51. The van der Waals surface area contributed by atoms with Crippen molar-refractivity contribution in [2.45, 2.75) is 117 Å². The van der Waals surface area contributed by atoms with Gasteiger partial charge in [0.25, 0.3) is 0 Å². The van der Waals surface area contributed by atoms with E-state index in [9.17, 15) is 0 Å².